The highest BCUT2D eigenvalue weighted by molar-refractivity contribution is 7.10. The average Bonchev–Trinajstić information content (AvgIpc) is 2.54. The Kier molecular flexibility index (Phi) is 1.97. The van der Waals surface area contributed by atoms with Crippen molar-refractivity contribution in [3.8, 4) is 11.5 Å². The van der Waals surface area contributed by atoms with Crippen molar-refractivity contribution in [3.05, 3.63) is 23.1 Å². The summed E-state index contributed by atoms with van der Waals surface area (Å²) in [5, 5.41) is 0. The Bertz CT molecular complexity index is 374. The molecule has 0 saturated carbocycles. The Morgan fingerprint density at radius 2 is 2.33 bits per heavy atom. The van der Waals surface area contributed by atoms with E-state index in [0.717, 1.165) is 11.5 Å². The Morgan fingerprint density at radius 1 is 1.42 bits per heavy atom. The van der Waals surface area contributed by atoms with E-state index in [0.29, 0.717) is 16.0 Å². The first-order chi connectivity index (χ1) is 5.86. The Labute approximate surface area is 77.5 Å². The third-order valence-electron chi connectivity index (χ3n) is 1.21. The Hall–Kier alpha value is -1.07. The van der Waals surface area contributed by atoms with Gasteiger partial charge in [0.25, 0.3) is 0 Å². The molecule has 0 fully saturated rings. The quantitative estimate of drug-likeness (QED) is 0.699. The lowest BCUT2D eigenvalue weighted by Gasteiger charge is -1.89. The van der Waals surface area contributed by atoms with Crippen LogP contribution in [0.4, 0.5) is 0 Å². The summed E-state index contributed by atoms with van der Waals surface area (Å²) in [5.74, 6) is 0.549. The third-order valence-corrected chi connectivity index (χ3v) is 2.01. The van der Waals surface area contributed by atoms with Gasteiger partial charge in [-0.2, -0.15) is 4.37 Å². The van der Waals surface area contributed by atoms with Crippen molar-refractivity contribution in [3.63, 3.8) is 0 Å². The van der Waals surface area contributed by atoms with Crippen molar-refractivity contribution in [2.75, 3.05) is 0 Å². The second kappa shape index (κ2) is 3.12. The van der Waals surface area contributed by atoms with E-state index in [1.165, 1.54) is 6.33 Å². The van der Waals surface area contributed by atoms with Crippen molar-refractivity contribution < 1.29 is 0 Å². The molecule has 0 unspecified atom stereocenters. The van der Waals surface area contributed by atoms with Crippen molar-refractivity contribution >= 4 is 23.1 Å². The maximum Gasteiger partial charge on any atom is 0.203 e. The molecule has 0 spiro atoms. The van der Waals surface area contributed by atoms with Crippen LogP contribution in [0.1, 0.15) is 0 Å². The third kappa shape index (κ3) is 1.41. The fourth-order valence-electron chi connectivity index (χ4n) is 0.732. The molecule has 0 amide bonds. The van der Waals surface area contributed by atoms with Gasteiger partial charge >= 0.3 is 0 Å². The molecule has 60 valence electrons. The van der Waals surface area contributed by atoms with Crippen LogP contribution < -0.4 is 0 Å². The molecule has 0 aliphatic heterocycles. The first kappa shape index (κ1) is 7.57. The van der Waals surface area contributed by atoms with E-state index in [-0.39, 0.29) is 0 Å². The van der Waals surface area contributed by atoms with Crippen molar-refractivity contribution in [1.82, 2.24) is 19.3 Å². The smallest absolute Gasteiger partial charge is 0.203 e. The van der Waals surface area contributed by atoms with Gasteiger partial charge in [-0.05, 0) is 29.2 Å². The van der Waals surface area contributed by atoms with Crippen LogP contribution in [-0.4, -0.2) is 19.3 Å². The van der Waals surface area contributed by atoms with Crippen LogP contribution in [0.2, 0.25) is 4.47 Å². The van der Waals surface area contributed by atoms with E-state index >= 15 is 0 Å². The predicted molar refractivity (Wildman–Crippen MR) is 45.9 cm³/mol. The van der Waals surface area contributed by atoms with Crippen LogP contribution in [-0.2, 0) is 0 Å². The molecule has 0 saturated heterocycles. The van der Waals surface area contributed by atoms with Gasteiger partial charge in [-0.25, -0.2) is 15.0 Å². The standard InChI is InChI=1S/C6H3ClN4S/c7-6-10-5(11-12-6)4-1-2-8-3-9-4/h1-3H. The van der Waals surface area contributed by atoms with Crippen molar-refractivity contribution in [1.29, 1.82) is 0 Å². The average molecular weight is 199 g/mol. The number of hydrogen-bond acceptors (Lipinski definition) is 5. The van der Waals surface area contributed by atoms with E-state index in [9.17, 15) is 0 Å². The predicted octanol–water partition coefficient (Wildman–Crippen LogP) is 1.65. The molecule has 0 aliphatic rings. The molecule has 6 heteroatoms. The van der Waals surface area contributed by atoms with Gasteiger partial charge in [-0.1, -0.05) is 0 Å². The second-order valence-corrected chi connectivity index (χ2v) is 3.30. The monoisotopic (exact) mass is 198 g/mol. The Morgan fingerprint density at radius 3 is 2.92 bits per heavy atom. The summed E-state index contributed by atoms with van der Waals surface area (Å²) in [4.78, 5) is 11.7. The van der Waals surface area contributed by atoms with Gasteiger partial charge in [0.2, 0.25) is 4.47 Å². The number of rotatable bonds is 1. The lowest BCUT2D eigenvalue weighted by atomic mass is 10.4. The molecule has 2 aromatic rings. The van der Waals surface area contributed by atoms with E-state index in [4.69, 9.17) is 11.6 Å². The molecule has 0 aromatic carbocycles. The molecule has 0 atom stereocenters. The second-order valence-electron chi connectivity index (χ2n) is 1.97. The fourth-order valence-corrected chi connectivity index (χ4v) is 1.34. The van der Waals surface area contributed by atoms with Crippen LogP contribution >= 0.6 is 23.1 Å². The molecule has 0 bridgehead atoms. The zero-order valence-corrected chi connectivity index (χ0v) is 7.38. The van der Waals surface area contributed by atoms with Gasteiger partial charge in [0, 0.05) is 6.20 Å². The first-order valence-corrected chi connectivity index (χ1v) is 4.27. The summed E-state index contributed by atoms with van der Waals surface area (Å²) < 4.78 is 4.41. The van der Waals surface area contributed by atoms with Gasteiger partial charge < -0.3 is 0 Å². The summed E-state index contributed by atoms with van der Waals surface area (Å²) in [6.45, 7) is 0. The highest BCUT2D eigenvalue weighted by Crippen LogP contribution is 2.17. The maximum atomic E-state index is 5.61. The van der Waals surface area contributed by atoms with Crippen LogP contribution in [0, 0.1) is 0 Å². The van der Waals surface area contributed by atoms with Crippen molar-refractivity contribution in [2.45, 2.75) is 0 Å². The lowest BCUT2D eigenvalue weighted by Crippen LogP contribution is -1.84. The zero-order chi connectivity index (χ0) is 8.39. The molecule has 0 N–H and O–H groups in total. The van der Waals surface area contributed by atoms with Crippen LogP contribution in [0.25, 0.3) is 11.5 Å². The molecule has 2 aromatic heterocycles. The molecular formula is C6H3ClN4S. The minimum Gasteiger partial charge on any atom is -0.245 e. The van der Waals surface area contributed by atoms with Crippen molar-refractivity contribution in [2.24, 2.45) is 0 Å². The minimum absolute atomic E-state index is 0.420. The summed E-state index contributed by atoms with van der Waals surface area (Å²) in [6, 6.07) is 1.73. The SMILES string of the molecule is Clc1nc(-c2ccncn2)ns1. The molecule has 2 rings (SSSR count). The number of nitrogens with zero attached hydrogens (tertiary/aromatic N) is 4. The van der Waals surface area contributed by atoms with E-state index in [1.54, 1.807) is 12.3 Å². The normalized spacial score (nSPS) is 10.1. The van der Waals surface area contributed by atoms with Gasteiger partial charge in [-0.15, -0.1) is 0 Å². The van der Waals surface area contributed by atoms with E-state index < -0.39 is 0 Å². The maximum absolute atomic E-state index is 5.61. The van der Waals surface area contributed by atoms with Crippen LogP contribution in [0.15, 0.2) is 18.6 Å². The summed E-state index contributed by atoms with van der Waals surface area (Å²) >= 11 is 6.75. The molecular weight excluding hydrogens is 196 g/mol. The minimum atomic E-state index is 0.420. The topological polar surface area (TPSA) is 51.6 Å². The summed E-state index contributed by atoms with van der Waals surface area (Å²) in [6.07, 6.45) is 3.08. The zero-order valence-electron chi connectivity index (χ0n) is 5.81. The summed E-state index contributed by atoms with van der Waals surface area (Å²) in [7, 11) is 0. The Balaban J connectivity index is 2.45. The van der Waals surface area contributed by atoms with Crippen LogP contribution in [0.5, 0.6) is 0 Å². The number of aromatic nitrogens is 4. The van der Waals surface area contributed by atoms with Gasteiger partial charge in [0.1, 0.15) is 12.0 Å². The highest BCUT2D eigenvalue weighted by Gasteiger charge is 2.04. The molecule has 12 heavy (non-hydrogen) atoms. The van der Waals surface area contributed by atoms with E-state index in [1.807, 2.05) is 0 Å². The van der Waals surface area contributed by atoms with Gasteiger partial charge in [0.15, 0.2) is 5.82 Å². The largest absolute Gasteiger partial charge is 0.245 e. The number of halogens is 1. The molecule has 4 nitrogen and oxygen atoms in total. The molecule has 0 aliphatic carbocycles. The molecule has 0 radical (unpaired) electrons. The van der Waals surface area contributed by atoms with Gasteiger partial charge in [0.05, 0.1) is 0 Å². The van der Waals surface area contributed by atoms with E-state index in [2.05, 4.69) is 19.3 Å². The number of hydrogen-bond donors (Lipinski definition) is 0. The van der Waals surface area contributed by atoms with Gasteiger partial charge in [-0.3, -0.25) is 0 Å². The molecule has 2 heterocycles. The fraction of sp³-hybridized carbons (Fsp3) is 0. The highest BCUT2D eigenvalue weighted by atomic mass is 35.5. The summed E-state index contributed by atoms with van der Waals surface area (Å²) in [5.41, 5.74) is 0.688. The van der Waals surface area contributed by atoms with Crippen LogP contribution in [0.3, 0.4) is 0 Å². The first-order valence-electron chi connectivity index (χ1n) is 3.12. The lowest BCUT2D eigenvalue weighted by molar-refractivity contribution is 1.14.